The minimum absolute atomic E-state index is 0.166. The first-order chi connectivity index (χ1) is 5.79. The molecule has 3 N–H and O–H groups in total. The molecule has 80 valence electrons. The first-order valence-corrected chi connectivity index (χ1v) is 5.75. The van der Waals surface area contributed by atoms with Gasteiger partial charge >= 0.3 is 0 Å². The second kappa shape index (κ2) is 5.23. The summed E-state index contributed by atoms with van der Waals surface area (Å²) in [7, 11) is 0. The summed E-state index contributed by atoms with van der Waals surface area (Å²) in [5.74, 6) is 0. The van der Waals surface area contributed by atoms with E-state index in [1.54, 1.807) is 11.8 Å². The molecule has 0 rings (SSSR count). The molecule has 0 aliphatic heterocycles. The van der Waals surface area contributed by atoms with E-state index in [1.165, 1.54) is 0 Å². The minimum atomic E-state index is 0.166. The number of nitrogens with two attached hydrogens (primary N) is 1. The van der Waals surface area contributed by atoms with Gasteiger partial charge in [-0.1, -0.05) is 27.7 Å². The van der Waals surface area contributed by atoms with Gasteiger partial charge in [0.25, 0.3) is 0 Å². The topological polar surface area (TPSA) is 46.2 Å². The highest BCUT2D eigenvalue weighted by molar-refractivity contribution is 8.00. The summed E-state index contributed by atoms with van der Waals surface area (Å²) in [6.07, 6.45) is 0. The van der Waals surface area contributed by atoms with Crippen molar-refractivity contribution in [3.63, 3.8) is 0 Å². The van der Waals surface area contributed by atoms with Crippen LogP contribution in [0.25, 0.3) is 0 Å². The Morgan fingerprint density at radius 2 is 1.77 bits per heavy atom. The molecule has 0 saturated heterocycles. The van der Waals surface area contributed by atoms with Crippen LogP contribution < -0.4 is 5.73 Å². The van der Waals surface area contributed by atoms with Crippen molar-refractivity contribution < 1.29 is 5.11 Å². The van der Waals surface area contributed by atoms with Crippen molar-refractivity contribution in [3.05, 3.63) is 0 Å². The lowest BCUT2D eigenvalue weighted by atomic mass is 9.88. The van der Waals surface area contributed by atoms with Crippen molar-refractivity contribution in [2.75, 3.05) is 6.61 Å². The average molecular weight is 205 g/mol. The predicted octanol–water partition coefficient (Wildman–Crippen LogP) is 1.86. The lowest BCUT2D eigenvalue weighted by Gasteiger charge is -2.34. The van der Waals surface area contributed by atoms with Gasteiger partial charge in [-0.3, -0.25) is 0 Å². The Balaban J connectivity index is 4.28. The van der Waals surface area contributed by atoms with Crippen LogP contribution in [0.2, 0.25) is 0 Å². The fraction of sp³-hybridized carbons (Fsp3) is 1.00. The maximum atomic E-state index is 8.97. The number of hydrogen-bond acceptors (Lipinski definition) is 3. The molecule has 0 heterocycles. The zero-order chi connectivity index (χ0) is 10.6. The molecular weight excluding hydrogens is 182 g/mol. The monoisotopic (exact) mass is 205 g/mol. The molecule has 0 aromatic carbocycles. The van der Waals surface area contributed by atoms with Gasteiger partial charge in [0.05, 0.1) is 6.61 Å². The predicted molar refractivity (Wildman–Crippen MR) is 61.0 cm³/mol. The summed E-state index contributed by atoms with van der Waals surface area (Å²) in [5, 5.41) is 9.64. The first-order valence-electron chi connectivity index (χ1n) is 4.81. The van der Waals surface area contributed by atoms with Crippen LogP contribution >= 0.6 is 11.8 Å². The van der Waals surface area contributed by atoms with Crippen LogP contribution in [0.3, 0.4) is 0 Å². The molecule has 13 heavy (non-hydrogen) atoms. The zero-order valence-corrected chi connectivity index (χ0v) is 10.2. The SMILES string of the molecule is CC(CO)SC(C(C)N)C(C)(C)C. The summed E-state index contributed by atoms with van der Waals surface area (Å²) in [6, 6.07) is 0.166. The van der Waals surface area contributed by atoms with E-state index >= 15 is 0 Å². The third kappa shape index (κ3) is 4.89. The number of aliphatic hydroxyl groups excluding tert-OH is 1. The summed E-state index contributed by atoms with van der Waals surface area (Å²) >= 11 is 1.78. The fourth-order valence-corrected chi connectivity index (χ4v) is 2.65. The highest BCUT2D eigenvalue weighted by Gasteiger charge is 2.29. The van der Waals surface area contributed by atoms with E-state index in [0.717, 1.165) is 0 Å². The van der Waals surface area contributed by atoms with Gasteiger partial charge in [-0.25, -0.2) is 0 Å². The molecule has 0 spiro atoms. The number of aliphatic hydroxyl groups is 1. The van der Waals surface area contributed by atoms with Gasteiger partial charge in [0.2, 0.25) is 0 Å². The Bertz CT molecular complexity index is 142. The Labute approximate surface area is 86.3 Å². The fourth-order valence-electron chi connectivity index (χ4n) is 1.41. The Kier molecular flexibility index (Phi) is 5.33. The molecule has 0 radical (unpaired) electrons. The van der Waals surface area contributed by atoms with Crippen LogP contribution in [-0.2, 0) is 0 Å². The van der Waals surface area contributed by atoms with E-state index in [2.05, 4.69) is 20.8 Å². The Morgan fingerprint density at radius 1 is 1.31 bits per heavy atom. The summed E-state index contributed by atoms with van der Waals surface area (Å²) in [6.45, 7) is 10.9. The summed E-state index contributed by atoms with van der Waals surface area (Å²) in [5.41, 5.74) is 6.12. The van der Waals surface area contributed by atoms with Crippen LogP contribution in [0.1, 0.15) is 34.6 Å². The van der Waals surface area contributed by atoms with Gasteiger partial charge < -0.3 is 10.8 Å². The molecule has 3 unspecified atom stereocenters. The lowest BCUT2D eigenvalue weighted by molar-refractivity contribution is 0.297. The molecule has 0 saturated carbocycles. The standard InChI is InChI=1S/C10H23NOS/c1-7(6-12)13-9(8(2)11)10(3,4)5/h7-9,12H,6,11H2,1-5H3. The highest BCUT2D eigenvalue weighted by Crippen LogP contribution is 2.34. The van der Waals surface area contributed by atoms with Crippen molar-refractivity contribution in [1.29, 1.82) is 0 Å². The van der Waals surface area contributed by atoms with Crippen molar-refractivity contribution in [1.82, 2.24) is 0 Å². The normalized spacial score (nSPS) is 19.6. The van der Waals surface area contributed by atoms with Crippen LogP contribution in [0.15, 0.2) is 0 Å². The molecule has 0 aliphatic rings. The summed E-state index contributed by atoms with van der Waals surface area (Å²) < 4.78 is 0. The molecule has 3 atom stereocenters. The van der Waals surface area contributed by atoms with E-state index < -0.39 is 0 Å². The molecule has 3 heteroatoms. The third-order valence-corrected chi connectivity index (χ3v) is 4.01. The maximum absolute atomic E-state index is 8.97. The van der Waals surface area contributed by atoms with Gasteiger partial charge in [0.1, 0.15) is 0 Å². The van der Waals surface area contributed by atoms with Crippen LogP contribution in [0.4, 0.5) is 0 Å². The number of rotatable bonds is 4. The minimum Gasteiger partial charge on any atom is -0.395 e. The van der Waals surface area contributed by atoms with Gasteiger partial charge in [-0.15, -0.1) is 0 Å². The van der Waals surface area contributed by atoms with E-state index in [9.17, 15) is 0 Å². The van der Waals surface area contributed by atoms with Crippen molar-refractivity contribution in [3.8, 4) is 0 Å². The molecule has 0 aliphatic carbocycles. The number of hydrogen-bond donors (Lipinski definition) is 2. The van der Waals surface area contributed by atoms with Gasteiger partial charge in [-0.2, -0.15) is 11.8 Å². The molecule has 2 nitrogen and oxygen atoms in total. The second-order valence-corrected chi connectivity index (χ2v) is 6.36. The Hall–Kier alpha value is 0.270. The van der Waals surface area contributed by atoms with Gasteiger partial charge in [0.15, 0.2) is 0 Å². The third-order valence-electron chi connectivity index (χ3n) is 1.97. The quantitative estimate of drug-likeness (QED) is 0.736. The smallest absolute Gasteiger partial charge is 0.0547 e. The maximum Gasteiger partial charge on any atom is 0.0547 e. The van der Waals surface area contributed by atoms with Gasteiger partial charge in [0, 0.05) is 16.5 Å². The molecule has 0 fully saturated rings. The largest absolute Gasteiger partial charge is 0.395 e. The lowest BCUT2D eigenvalue weighted by Crippen LogP contribution is -2.40. The zero-order valence-electron chi connectivity index (χ0n) is 9.37. The Morgan fingerprint density at radius 3 is 2.00 bits per heavy atom. The molecular formula is C10H23NOS. The highest BCUT2D eigenvalue weighted by atomic mass is 32.2. The van der Waals surface area contributed by atoms with Crippen molar-refractivity contribution in [2.24, 2.45) is 11.1 Å². The molecule has 0 amide bonds. The average Bonchev–Trinajstić information content (AvgIpc) is 1.96. The van der Waals surface area contributed by atoms with E-state index in [1.807, 2.05) is 13.8 Å². The van der Waals surface area contributed by atoms with E-state index in [4.69, 9.17) is 10.8 Å². The van der Waals surface area contributed by atoms with Crippen molar-refractivity contribution in [2.45, 2.75) is 51.2 Å². The molecule has 0 bridgehead atoms. The van der Waals surface area contributed by atoms with E-state index in [0.29, 0.717) is 5.25 Å². The van der Waals surface area contributed by atoms with Gasteiger partial charge in [-0.05, 0) is 12.3 Å². The first kappa shape index (κ1) is 13.3. The summed E-state index contributed by atoms with van der Waals surface area (Å²) in [4.78, 5) is 0. The van der Waals surface area contributed by atoms with Crippen LogP contribution in [0, 0.1) is 5.41 Å². The van der Waals surface area contributed by atoms with Crippen LogP contribution in [-0.4, -0.2) is 28.3 Å². The van der Waals surface area contributed by atoms with Crippen molar-refractivity contribution >= 4 is 11.8 Å². The van der Waals surface area contributed by atoms with E-state index in [-0.39, 0.29) is 23.3 Å². The van der Waals surface area contributed by atoms with Crippen LogP contribution in [0.5, 0.6) is 0 Å². The molecule has 0 aromatic rings. The number of thioether (sulfide) groups is 1. The molecule has 0 aromatic heterocycles. The second-order valence-electron chi connectivity index (χ2n) is 4.78.